The van der Waals surface area contributed by atoms with Crippen molar-refractivity contribution in [1.29, 1.82) is 0 Å². The normalized spacial score (nSPS) is 10.8. The van der Waals surface area contributed by atoms with E-state index in [4.69, 9.17) is 25.6 Å². The lowest BCUT2D eigenvalue weighted by atomic mass is 10.2. The Kier molecular flexibility index (Phi) is 6.60. The third-order valence-corrected chi connectivity index (χ3v) is 5.19. The first-order valence-corrected chi connectivity index (χ1v) is 10.3. The lowest BCUT2D eigenvalue weighted by Gasteiger charge is -2.09. The van der Waals surface area contributed by atoms with Crippen molar-refractivity contribution in [2.24, 2.45) is 0 Å². The molecule has 33 heavy (non-hydrogen) atoms. The SMILES string of the molecule is COc1ccc(-c2noc(-c3cccn3CC(=O)NCc3ccc(F)c(Cl)c3)n2)cc1OC. The first-order valence-electron chi connectivity index (χ1n) is 9.90. The smallest absolute Gasteiger partial charge is 0.274 e. The standard InChI is InChI=1S/C23H20ClFN4O4/c1-31-19-8-6-15(11-20(19)32-2)22-27-23(33-28-22)18-4-3-9-29(18)13-21(30)26-12-14-5-7-17(25)16(24)10-14/h3-11H,12-13H2,1-2H3,(H,26,30). The second kappa shape index (κ2) is 9.74. The predicted molar refractivity (Wildman–Crippen MR) is 120 cm³/mol. The molecule has 4 aromatic rings. The van der Waals surface area contributed by atoms with E-state index in [0.717, 1.165) is 0 Å². The van der Waals surface area contributed by atoms with Gasteiger partial charge in [-0.3, -0.25) is 4.79 Å². The molecule has 1 amide bonds. The van der Waals surface area contributed by atoms with Gasteiger partial charge in [0.05, 0.1) is 19.2 Å². The van der Waals surface area contributed by atoms with Gasteiger partial charge in [0, 0.05) is 18.3 Å². The Morgan fingerprint density at radius 2 is 1.97 bits per heavy atom. The van der Waals surface area contributed by atoms with Crippen LogP contribution in [0.4, 0.5) is 4.39 Å². The van der Waals surface area contributed by atoms with Gasteiger partial charge in [0.1, 0.15) is 18.1 Å². The summed E-state index contributed by atoms with van der Waals surface area (Å²) in [6.45, 7) is 0.255. The number of amides is 1. The van der Waals surface area contributed by atoms with E-state index >= 15 is 0 Å². The number of rotatable bonds is 8. The zero-order chi connectivity index (χ0) is 23.4. The van der Waals surface area contributed by atoms with Crippen LogP contribution in [-0.2, 0) is 17.9 Å². The fraction of sp³-hybridized carbons (Fsp3) is 0.174. The Labute approximate surface area is 193 Å². The average Bonchev–Trinajstić information content (AvgIpc) is 3.49. The number of nitrogens with one attached hydrogen (secondary N) is 1. The van der Waals surface area contributed by atoms with E-state index in [-0.39, 0.29) is 29.9 Å². The van der Waals surface area contributed by atoms with Crippen molar-refractivity contribution < 1.29 is 23.2 Å². The maximum atomic E-state index is 13.3. The fourth-order valence-corrected chi connectivity index (χ4v) is 3.43. The molecule has 0 fully saturated rings. The molecule has 0 aliphatic rings. The summed E-state index contributed by atoms with van der Waals surface area (Å²) in [4.78, 5) is 16.9. The Hall–Kier alpha value is -3.85. The fourth-order valence-electron chi connectivity index (χ4n) is 3.23. The first-order chi connectivity index (χ1) is 16.0. The molecule has 8 nitrogen and oxygen atoms in total. The molecule has 0 bridgehead atoms. The second-order valence-corrected chi connectivity index (χ2v) is 7.45. The van der Waals surface area contributed by atoms with Gasteiger partial charge in [-0.1, -0.05) is 22.8 Å². The largest absolute Gasteiger partial charge is 0.493 e. The summed E-state index contributed by atoms with van der Waals surface area (Å²) >= 11 is 5.78. The molecule has 0 saturated heterocycles. The van der Waals surface area contributed by atoms with Crippen LogP contribution in [0.2, 0.25) is 5.02 Å². The summed E-state index contributed by atoms with van der Waals surface area (Å²) in [5, 5.41) is 6.84. The van der Waals surface area contributed by atoms with Crippen molar-refractivity contribution >= 4 is 17.5 Å². The summed E-state index contributed by atoms with van der Waals surface area (Å²) in [5.74, 6) is 1.03. The Morgan fingerprint density at radius 1 is 1.15 bits per heavy atom. The maximum Gasteiger partial charge on any atom is 0.274 e. The Bertz CT molecular complexity index is 1290. The van der Waals surface area contributed by atoms with Crippen molar-refractivity contribution in [1.82, 2.24) is 20.0 Å². The highest BCUT2D eigenvalue weighted by Crippen LogP contribution is 2.32. The first kappa shape index (κ1) is 22.3. The molecule has 0 radical (unpaired) electrons. The van der Waals surface area contributed by atoms with Gasteiger partial charge in [0.15, 0.2) is 11.5 Å². The number of hydrogen-bond donors (Lipinski definition) is 1. The molecule has 1 N–H and O–H groups in total. The minimum absolute atomic E-state index is 0.0103. The van der Waals surface area contributed by atoms with Gasteiger partial charge in [-0.25, -0.2) is 4.39 Å². The van der Waals surface area contributed by atoms with Crippen LogP contribution in [0.5, 0.6) is 11.5 Å². The second-order valence-electron chi connectivity index (χ2n) is 7.04. The number of methoxy groups -OCH3 is 2. The summed E-state index contributed by atoms with van der Waals surface area (Å²) in [6, 6.07) is 13.2. The quantitative estimate of drug-likeness (QED) is 0.412. The van der Waals surface area contributed by atoms with Crippen molar-refractivity contribution in [3.63, 3.8) is 0 Å². The third kappa shape index (κ3) is 4.98. The molecule has 0 aliphatic carbocycles. The van der Waals surface area contributed by atoms with Gasteiger partial charge in [-0.05, 0) is 48.0 Å². The molecule has 0 aliphatic heterocycles. The molecular weight excluding hydrogens is 451 g/mol. The van der Waals surface area contributed by atoms with Crippen LogP contribution in [-0.4, -0.2) is 34.8 Å². The predicted octanol–water partition coefficient (Wildman–Crippen LogP) is 4.33. The Morgan fingerprint density at radius 3 is 2.73 bits per heavy atom. The minimum Gasteiger partial charge on any atom is -0.493 e. The van der Waals surface area contributed by atoms with Gasteiger partial charge in [0.2, 0.25) is 11.7 Å². The molecular formula is C23H20ClFN4O4. The van der Waals surface area contributed by atoms with E-state index in [0.29, 0.717) is 34.1 Å². The molecule has 0 spiro atoms. The van der Waals surface area contributed by atoms with Crippen LogP contribution in [0.25, 0.3) is 23.0 Å². The number of halogens is 2. The highest BCUT2D eigenvalue weighted by Gasteiger charge is 2.17. The highest BCUT2D eigenvalue weighted by atomic mass is 35.5. The summed E-state index contributed by atoms with van der Waals surface area (Å²) < 4.78 is 31.0. The number of carbonyl (C=O) groups is 1. The lowest BCUT2D eigenvalue weighted by molar-refractivity contribution is -0.121. The van der Waals surface area contributed by atoms with Gasteiger partial charge in [-0.2, -0.15) is 4.98 Å². The van der Waals surface area contributed by atoms with Crippen LogP contribution >= 0.6 is 11.6 Å². The van der Waals surface area contributed by atoms with Crippen molar-refractivity contribution in [3.05, 3.63) is 71.1 Å². The van der Waals surface area contributed by atoms with Gasteiger partial charge in [0.25, 0.3) is 5.89 Å². The zero-order valence-electron chi connectivity index (χ0n) is 17.8. The lowest BCUT2D eigenvalue weighted by Crippen LogP contribution is -2.27. The molecule has 0 saturated carbocycles. The number of ether oxygens (including phenoxy) is 2. The topological polar surface area (TPSA) is 91.4 Å². The van der Waals surface area contributed by atoms with Crippen LogP contribution in [0.1, 0.15) is 5.56 Å². The number of carbonyl (C=O) groups excluding carboxylic acids is 1. The van der Waals surface area contributed by atoms with E-state index in [9.17, 15) is 9.18 Å². The third-order valence-electron chi connectivity index (χ3n) is 4.90. The molecule has 0 unspecified atom stereocenters. The highest BCUT2D eigenvalue weighted by molar-refractivity contribution is 6.30. The molecule has 170 valence electrons. The monoisotopic (exact) mass is 470 g/mol. The van der Waals surface area contributed by atoms with Crippen LogP contribution in [0, 0.1) is 5.82 Å². The number of hydrogen-bond acceptors (Lipinski definition) is 6. The molecule has 2 heterocycles. The van der Waals surface area contributed by atoms with E-state index in [1.54, 1.807) is 61.4 Å². The van der Waals surface area contributed by atoms with E-state index in [2.05, 4.69) is 15.5 Å². The van der Waals surface area contributed by atoms with Gasteiger partial charge in [-0.15, -0.1) is 0 Å². The molecule has 0 atom stereocenters. The summed E-state index contributed by atoms with van der Waals surface area (Å²) in [6.07, 6.45) is 1.74. The van der Waals surface area contributed by atoms with Crippen molar-refractivity contribution in [3.8, 4) is 34.5 Å². The van der Waals surface area contributed by atoms with Crippen molar-refractivity contribution in [2.75, 3.05) is 14.2 Å². The number of benzene rings is 2. The van der Waals surface area contributed by atoms with Gasteiger partial charge < -0.3 is 23.9 Å². The van der Waals surface area contributed by atoms with Crippen LogP contribution < -0.4 is 14.8 Å². The number of aromatic nitrogens is 3. The number of nitrogens with zero attached hydrogens (tertiary/aromatic N) is 3. The molecule has 2 aromatic carbocycles. The molecule has 10 heteroatoms. The molecule has 2 aromatic heterocycles. The Balaban J connectivity index is 1.46. The summed E-state index contributed by atoms with van der Waals surface area (Å²) in [7, 11) is 3.11. The van der Waals surface area contributed by atoms with E-state index < -0.39 is 5.82 Å². The molecule has 4 rings (SSSR count). The maximum absolute atomic E-state index is 13.3. The van der Waals surface area contributed by atoms with Gasteiger partial charge >= 0.3 is 0 Å². The van der Waals surface area contributed by atoms with E-state index in [1.807, 2.05) is 0 Å². The average molecular weight is 471 g/mol. The van der Waals surface area contributed by atoms with E-state index in [1.165, 1.54) is 12.1 Å². The minimum atomic E-state index is -0.504. The van der Waals surface area contributed by atoms with Crippen molar-refractivity contribution in [2.45, 2.75) is 13.1 Å². The van der Waals surface area contributed by atoms with Crippen LogP contribution in [0.3, 0.4) is 0 Å². The zero-order valence-corrected chi connectivity index (χ0v) is 18.6. The summed E-state index contributed by atoms with van der Waals surface area (Å²) in [5.41, 5.74) is 1.98. The van der Waals surface area contributed by atoms with Crippen LogP contribution in [0.15, 0.2) is 59.3 Å².